The van der Waals surface area contributed by atoms with E-state index in [9.17, 15) is 4.79 Å². The molecule has 1 atom stereocenters. The van der Waals surface area contributed by atoms with Crippen LogP contribution in [0.1, 0.15) is 33.6 Å². The highest BCUT2D eigenvalue weighted by Gasteiger charge is 2.28. The highest BCUT2D eigenvalue weighted by molar-refractivity contribution is 5.75. The van der Waals surface area contributed by atoms with E-state index >= 15 is 0 Å². The molecule has 0 N–H and O–H groups in total. The highest BCUT2D eigenvalue weighted by Crippen LogP contribution is 2.22. The van der Waals surface area contributed by atoms with Gasteiger partial charge in [0.05, 0.1) is 24.7 Å². The molecular formula is C10H18O3. The fraction of sp³-hybridized carbons (Fsp3) is 0.900. The summed E-state index contributed by atoms with van der Waals surface area (Å²) < 4.78 is 10.1. The number of carbonyl (C=O) groups is 1. The van der Waals surface area contributed by atoms with Crippen LogP contribution in [0.2, 0.25) is 0 Å². The van der Waals surface area contributed by atoms with Crippen LogP contribution in [0.3, 0.4) is 0 Å². The molecule has 3 nitrogen and oxygen atoms in total. The highest BCUT2D eigenvalue weighted by atomic mass is 16.6. The largest absolute Gasteiger partial charge is 0.465 e. The maximum absolute atomic E-state index is 11.4. The van der Waals surface area contributed by atoms with Crippen molar-refractivity contribution in [2.75, 3.05) is 13.2 Å². The Bertz CT molecular complexity index is 183. The van der Waals surface area contributed by atoms with E-state index in [1.165, 1.54) is 0 Å². The molecule has 1 aliphatic rings. The Morgan fingerprint density at radius 1 is 1.62 bits per heavy atom. The molecule has 1 fully saturated rings. The van der Waals surface area contributed by atoms with Gasteiger partial charge in [-0.05, 0) is 20.3 Å². The average molecular weight is 186 g/mol. The van der Waals surface area contributed by atoms with E-state index in [1.807, 2.05) is 20.8 Å². The fourth-order valence-corrected chi connectivity index (χ4v) is 0.857. The SMILES string of the molecule is CCC(C)(C)C(=O)OCCC1CO1. The van der Waals surface area contributed by atoms with Gasteiger partial charge < -0.3 is 9.47 Å². The van der Waals surface area contributed by atoms with Gasteiger partial charge in [0.2, 0.25) is 0 Å². The predicted molar refractivity (Wildman–Crippen MR) is 49.4 cm³/mol. The van der Waals surface area contributed by atoms with Gasteiger partial charge >= 0.3 is 5.97 Å². The lowest BCUT2D eigenvalue weighted by Gasteiger charge is -2.19. The Balaban J connectivity index is 2.15. The van der Waals surface area contributed by atoms with E-state index in [0.29, 0.717) is 12.7 Å². The van der Waals surface area contributed by atoms with Crippen molar-refractivity contribution < 1.29 is 14.3 Å². The van der Waals surface area contributed by atoms with E-state index in [-0.39, 0.29) is 11.4 Å². The summed E-state index contributed by atoms with van der Waals surface area (Å²) in [5.74, 6) is -0.101. The number of rotatable bonds is 5. The summed E-state index contributed by atoms with van der Waals surface area (Å²) in [6.45, 7) is 7.12. The third-order valence-electron chi connectivity index (χ3n) is 2.51. The molecule has 0 radical (unpaired) electrons. The van der Waals surface area contributed by atoms with E-state index in [1.54, 1.807) is 0 Å². The van der Waals surface area contributed by atoms with Crippen molar-refractivity contribution in [3.63, 3.8) is 0 Å². The lowest BCUT2D eigenvalue weighted by atomic mass is 9.91. The maximum Gasteiger partial charge on any atom is 0.311 e. The first-order valence-electron chi connectivity index (χ1n) is 4.85. The molecular weight excluding hydrogens is 168 g/mol. The lowest BCUT2D eigenvalue weighted by molar-refractivity contribution is -0.154. The Hall–Kier alpha value is -0.570. The summed E-state index contributed by atoms with van der Waals surface area (Å²) in [5.41, 5.74) is -0.343. The zero-order valence-electron chi connectivity index (χ0n) is 8.63. The summed E-state index contributed by atoms with van der Waals surface area (Å²) >= 11 is 0. The number of hydrogen-bond acceptors (Lipinski definition) is 3. The Labute approximate surface area is 79.4 Å². The van der Waals surface area contributed by atoms with Gasteiger partial charge in [-0.2, -0.15) is 0 Å². The molecule has 1 aliphatic heterocycles. The van der Waals surface area contributed by atoms with Crippen LogP contribution in [0.25, 0.3) is 0 Å². The molecule has 0 aromatic heterocycles. The summed E-state index contributed by atoms with van der Waals surface area (Å²) in [4.78, 5) is 11.4. The van der Waals surface area contributed by atoms with Crippen LogP contribution in [-0.4, -0.2) is 25.3 Å². The smallest absolute Gasteiger partial charge is 0.311 e. The van der Waals surface area contributed by atoms with Crippen molar-refractivity contribution in [3.8, 4) is 0 Å². The summed E-state index contributed by atoms with van der Waals surface area (Å²) in [7, 11) is 0. The van der Waals surface area contributed by atoms with E-state index in [2.05, 4.69) is 0 Å². The average Bonchev–Trinajstić information content (AvgIpc) is 2.88. The zero-order valence-corrected chi connectivity index (χ0v) is 8.63. The van der Waals surface area contributed by atoms with Gasteiger partial charge in [0, 0.05) is 6.42 Å². The topological polar surface area (TPSA) is 38.8 Å². The normalized spacial score (nSPS) is 21.3. The minimum Gasteiger partial charge on any atom is -0.465 e. The third kappa shape index (κ3) is 3.35. The Morgan fingerprint density at radius 3 is 2.69 bits per heavy atom. The molecule has 13 heavy (non-hydrogen) atoms. The fourth-order valence-electron chi connectivity index (χ4n) is 0.857. The zero-order chi connectivity index (χ0) is 9.90. The van der Waals surface area contributed by atoms with Gasteiger partial charge in [-0.25, -0.2) is 0 Å². The molecule has 0 bridgehead atoms. The first-order valence-corrected chi connectivity index (χ1v) is 4.85. The molecule has 0 spiro atoms. The van der Waals surface area contributed by atoms with Crippen molar-refractivity contribution in [3.05, 3.63) is 0 Å². The number of ether oxygens (including phenoxy) is 2. The molecule has 0 saturated carbocycles. The van der Waals surface area contributed by atoms with Crippen LogP contribution in [-0.2, 0) is 14.3 Å². The van der Waals surface area contributed by atoms with Crippen LogP contribution in [0, 0.1) is 5.41 Å². The third-order valence-corrected chi connectivity index (χ3v) is 2.51. The molecule has 0 aliphatic carbocycles. The van der Waals surface area contributed by atoms with Crippen molar-refractivity contribution in [1.29, 1.82) is 0 Å². The van der Waals surface area contributed by atoms with Gasteiger partial charge in [-0.1, -0.05) is 6.92 Å². The van der Waals surface area contributed by atoms with Crippen molar-refractivity contribution in [2.45, 2.75) is 39.7 Å². The molecule has 0 aromatic rings. The van der Waals surface area contributed by atoms with Crippen molar-refractivity contribution in [1.82, 2.24) is 0 Å². The van der Waals surface area contributed by atoms with Gasteiger partial charge in [0.15, 0.2) is 0 Å². The lowest BCUT2D eigenvalue weighted by Crippen LogP contribution is -2.26. The van der Waals surface area contributed by atoms with Crippen LogP contribution < -0.4 is 0 Å². The Kier molecular flexibility index (Phi) is 3.31. The first kappa shape index (κ1) is 10.5. The predicted octanol–water partition coefficient (Wildman–Crippen LogP) is 1.75. The second-order valence-corrected chi connectivity index (χ2v) is 4.12. The molecule has 0 aromatic carbocycles. The summed E-state index contributed by atoms with van der Waals surface area (Å²) in [6.07, 6.45) is 2.00. The van der Waals surface area contributed by atoms with Gasteiger partial charge in [-0.3, -0.25) is 4.79 Å². The molecule has 76 valence electrons. The van der Waals surface area contributed by atoms with Crippen LogP contribution in [0.5, 0.6) is 0 Å². The first-order chi connectivity index (χ1) is 6.06. The second kappa shape index (κ2) is 4.09. The molecule has 0 amide bonds. The molecule has 1 saturated heterocycles. The number of hydrogen-bond donors (Lipinski definition) is 0. The summed E-state index contributed by atoms with van der Waals surface area (Å²) in [5, 5.41) is 0. The van der Waals surface area contributed by atoms with Gasteiger partial charge in [0.1, 0.15) is 0 Å². The van der Waals surface area contributed by atoms with Gasteiger partial charge in [0.25, 0.3) is 0 Å². The van der Waals surface area contributed by atoms with E-state index in [4.69, 9.17) is 9.47 Å². The quantitative estimate of drug-likeness (QED) is 0.485. The molecule has 1 unspecified atom stereocenters. The van der Waals surface area contributed by atoms with Gasteiger partial charge in [-0.15, -0.1) is 0 Å². The van der Waals surface area contributed by atoms with Crippen LogP contribution in [0.15, 0.2) is 0 Å². The van der Waals surface area contributed by atoms with E-state index < -0.39 is 0 Å². The minimum atomic E-state index is -0.343. The van der Waals surface area contributed by atoms with Crippen LogP contribution >= 0.6 is 0 Å². The Morgan fingerprint density at radius 2 is 2.23 bits per heavy atom. The maximum atomic E-state index is 11.4. The molecule has 3 heteroatoms. The van der Waals surface area contributed by atoms with E-state index in [0.717, 1.165) is 19.4 Å². The monoisotopic (exact) mass is 186 g/mol. The van der Waals surface area contributed by atoms with Crippen molar-refractivity contribution >= 4 is 5.97 Å². The number of esters is 1. The molecule has 1 heterocycles. The number of carbonyl (C=O) groups excluding carboxylic acids is 1. The molecule has 1 rings (SSSR count). The van der Waals surface area contributed by atoms with Crippen LogP contribution in [0.4, 0.5) is 0 Å². The minimum absolute atomic E-state index is 0.101. The second-order valence-electron chi connectivity index (χ2n) is 4.12. The number of epoxide rings is 1. The summed E-state index contributed by atoms with van der Waals surface area (Å²) in [6, 6.07) is 0. The van der Waals surface area contributed by atoms with Crippen molar-refractivity contribution in [2.24, 2.45) is 5.41 Å². The standard InChI is InChI=1S/C10H18O3/c1-4-10(2,3)9(11)12-6-5-8-7-13-8/h8H,4-7H2,1-3H3.